The minimum Gasteiger partial charge on any atom is -0.492 e. The summed E-state index contributed by atoms with van der Waals surface area (Å²) in [7, 11) is -3.56. The first-order valence-corrected chi connectivity index (χ1v) is 12.9. The number of hydrogen-bond acceptors (Lipinski definition) is 5. The van der Waals surface area contributed by atoms with Gasteiger partial charge in [-0.2, -0.15) is 0 Å². The second-order valence-electron chi connectivity index (χ2n) is 7.79. The van der Waals surface area contributed by atoms with Crippen molar-refractivity contribution in [2.75, 3.05) is 30.3 Å². The van der Waals surface area contributed by atoms with Crippen molar-refractivity contribution in [3.63, 3.8) is 0 Å². The minimum atomic E-state index is -3.56. The first-order chi connectivity index (χ1) is 16.3. The zero-order valence-electron chi connectivity index (χ0n) is 19.7. The molecule has 3 rings (SSSR count). The van der Waals surface area contributed by atoms with Crippen LogP contribution >= 0.6 is 0 Å². The van der Waals surface area contributed by atoms with Crippen LogP contribution in [0.3, 0.4) is 0 Å². The summed E-state index contributed by atoms with van der Waals surface area (Å²) in [4.78, 5) is 12.5. The number of amides is 1. The van der Waals surface area contributed by atoms with Crippen molar-refractivity contribution in [2.24, 2.45) is 0 Å². The Morgan fingerprint density at radius 2 is 1.71 bits per heavy atom. The predicted octanol–water partition coefficient (Wildman–Crippen LogP) is 4.17. The third-order valence-electron chi connectivity index (χ3n) is 5.02. The van der Waals surface area contributed by atoms with E-state index in [-0.39, 0.29) is 12.5 Å². The number of para-hydroxylation sites is 2. The molecule has 3 aromatic carbocycles. The molecule has 0 aromatic heterocycles. The van der Waals surface area contributed by atoms with Gasteiger partial charge < -0.3 is 14.8 Å². The Morgan fingerprint density at radius 1 is 0.971 bits per heavy atom. The van der Waals surface area contributed by atoms with Crippen LogP contribution in [-0.2, 0) is 16.6 Å². The Kier molecular flexibility index (Phi) is 8.54. The highest BCUT2D eigenvalue weighted by Gasteiger charge is 2.21. The molecule has 3 aromatic rings. The summed E-state index contributed by atoms with van der Waals surface area (Å²) in [6.07, 6.45) is 1.16. The lowest BCUT2D eigenvalue weighted by Crippen LogP contribution is -2.30. The molecule has 0 saturated heterocycles. The highest BCUT2D eigenvalue weighted by Crippen LogP contribution is 2.31. The third kappa shape index (κ3) is 6.99. The van der Waals surface area contributed by atoms with Crippen LogP contribution in [0.15, 0.2) is 72.8 Å². The third-order valence-corrected chi connectivity index (χ3v) is 6.15. The highest BCUT2D eigenvalue weighted by atomic mass is 32.2. The van der Waals surface area contributed by atoms with E-state index in [1.54, 1.807) is 48.5 Å². The molecule has 0 aliphatic heterocycles. The Labute approximate surface area is 201 Å². The molecule has 0 aliphatic rings. The van der Waals surface area contributed by atoms with Crippen LogP contribution in [0.25, 0.3) is 0 Å². The number of benzene rings is 3. The molecule has 0 saturated carbocycles. The number of nitrogens with zero attached hydrogens (tertiary/aromatic N) is 1. The van der Waals surface area contributed by atoms with Gasteiger partial charge in [0.05, 0.1) is 31.6 Å². The van der Waals surface area contributed by atoms with E-state index in [4.69, 9.17) is 9.47 Å². The fraction of sp³-hybridized carbons (Fsp3) is 0.269. The maximum absolute atomic E-state index is 12.5. The number of nitrogens with one attached hydrogen (secondary N) is 1. The first-order valence-electron chi connectivity index (χ1n) is 11.0. The first kappa shape index (κ1) is 25.1. The maximum Gasteiger partial charge on any atom is 0.251 e. The summed E-state index contributed by atoms with van der Waals surface area (Å²) in [6.45, 7) is 5.11. The second-order valence-corrected chi connectivity index (χ2v) is 9.69. The van der Waals surface area contributed by atoms with Crippen molar-refractivity contribution in [1.82, 2.24) is 5.32 Å². The number of ether oxygens (including phenoxy) is 2. The fourth-order valence-corrected chi connectivity index (χ4v) is 4.28. The molecule has 1 N–H and O–H groups in total. The average Bonchev–Trinajstić information content (AvgIpc) is 2.81. The van der Waals surface area contributed by atoms with Gasteiger partial charge in [0.2, 0.25) is 10.0 Å². The van der Waals surface area contributed by atoms with E-state index in [0.717, 1.165) is 23.1 Å². The van der Waals surface area contributed by atoms with Gasteiger partial charge in [-0.1, -0.05) is 36.4 Å². The largest absolute Gasteiger partial charge is 0.492 e. The number of hydrogen-bond donors (Lipinski definition) is 1. The lowest BCUT2D eigenvalue weighted by molar-refractivity contribution is 0.0947. The van der Waals surface area contributed by atoms with Crippen molar-refractivity contribution in [3.05, 3.63) is 89.5 Å². The molecule has 0 unspecified atom stereocenters. The number of anilines is 1. The summed E-state index contributed by atoms with van der Waals surface area (Å²) in [5.74, 6) is 1.04. The summed E-state index contributed by atoms with van der Waals surface area (Å²) >= 11 is 0. The molecule has 0 heterocycles. The van der Waals surface area contributed by atoms with Gasteiger partial charge in [-0.15, -0.1) is 0 Å². The van der Waals surface area contributed by atoms with Gasteiger partial charge in [0, 0.05) is 5.56 Å². The number of rotatable bonds is 11. The van der Waals surface area contributed by atoms with Gasteiger partial charge in [0.25, 0.3) is 5.91 Å². The molecule has 0 radical (unpaired) electrons. The van der Waals surface area contributed by atoms with Crippen LogP contribution in [-0.4, -0.2) is 40.3 Å². The summed E-state index contributed by atoms with van der Waals surface area (Å²) in [5.41, 5.74) is 2.82. The van der Waals surface area contributed by atoms with Crippen LogP contribution < -0.4 is 19.1 Å². The van der Waals surface area contributed by atoms with Crippen LogP contribution in [0, 0.1) is 6.92 Å². The highest BCUT2D eigenvalue weighted by molar-refractivity contribution is 7.92. The van der Waals surface area contributed by atoms with Crippen molar-refractivity contribution < 1.29 is 22.7 Å². The zero-order chi connectivity index (χ0) is 24.6. The van der Waals surface area contributed by atoms with Crippen LogP contribution in [0.5, 0.6) is 11.5 Å². The summed E-state index contributed by atoms with van der Waals surface area (Å²) in [6, 6.07) is 21.6. The Bertz CT molecular complexity index is 1210. The molecule has 0 spiro atoms. The smallest absolute Gasteiger partial charge is 0.251 e. The Hall–Kier alpha value is -3.52. The number of carbonyl (C=O) groups excluding carboxylic acids is 1. The van der Waals surface area contributed by atoms with Gasteiger partial charge in [-0.3, -0.25) is 9.10 Å². The molecule has 34 heavy (non-hydrogen) atoms. The molecular weight excluding hydrogens is 452 g/mol. The maximum atomic E-state index is 12.5. The van der Waals surface area contributed by atoms with Crippen LogP contribution in [0.4, 0.5) is 5.69 Å². The van der Waals surface area contributed by atoms with Crippen LogP contribution in [0.1, 0.15) is 28.4 Å². The molecule has 8 heteroatoms. The van der Waals surface area contributed by atoms with Crippen molar-refractivity contribution in [3.8, 4) is 11.5 Å². The topological polar surface area (TPSA) is 84.9 Å². The second kappa shape index (κ2) is 11.6. The van der Waals surface area contributed by atoms with E-state index >= 15 is 0 Å². The van der Waals surface area contributed by atoms with E-state index in [0.29, 0.717) is 36.8 Å². The zero-order valence-corrected chi connectivity index (χ0v) is 20.5. The molecule has 1 amide bonds. The molecular formula is C26H30N2O5S. The van der Waals surface area contributed by atoms with Crippen molar-refractivity contribution in [1.29, 1.82) is 0 Å². The monoisotopic (exact) mass is 482 g/mol. The Morgan fingerprint density at radius 3 is 2.38 bits per heavy atom. The normalized spacial score (nSPS) is 11.0. The number of carbonyl (C=O) groups is 1. The van der Waals surface area contributed by atoms with E-state index in [1.165, 1.54) is 4.31 Å². The van der Waals surface area contributed by atoms with Gasteiger partial charge in [-0.05, 0) is 61.4 Å². The molecule has 0 bridgehead atoms. The fourth-order valence-electron chi connectivity index (χ4n) is 3.39. The van der Waals surface area contributed by atoms with Gasteiger partial charge in [-0.25, -0.2) is 8.42 Å². The van der Waals surface area contributed by atoms with Crippen LogP contribution in [0.2, 0.25) is 0 Å². The predicted molar refractivity (Wildman–Crippen MR) is 134 cm³/mol. The minimum absolute atomic E-state index is 0.120. The SMILES string of the molecule is CCOc1ccccc1N(Cc1ccc(C(=O)NCCOc2cccc(C)c2)cc1)S(C)(=O)=O. The van der Waals surface area contributed by atoms with Crippen molar-refractivity contribution >= 4 is 21.6 Å². The lowest BCUT2D eigenvalue weighted by atomic mass is 10.1. The van der Waals surface area contributed by atoms with Gasteiger partial charge in [0.1, 0.15) is 18.1 Å². The Balaban J connectivity index is 1.61. The molecule has 0 atom stereocenters. The van der Waals surface area contributed by atoms with Gasteiger partial charge >= 0.3 is 0 Å². The number of sulfonamides is 1. The average molecular weight is 483 g/mol. The van der Waals surface area contributed by atoms with Gasteiger partial charge in [0.15, 0.2) is 0 Å². The molecule has 0 aliphatic carbocycles. The summed E-state index contributed by atoms with van der Waals surface area (Å²) < 4.78 is 37.6. The van der Waals surface area contributed by atoms with E-state index in [2.05, 4.69) is 5.32 Å². The van der Waals surface area contributed by atoms with E-state index < -0.39 is 10.0 Å². The van der Waals surface area contributed by atoms with E-state index in [9.17, 15) is 13.2 Å². The molecule has 7 nitrogen and oxygen atoms in total. The lowest BCUT2D eigenvalue weighted by Gasteiger charge is -2.24. The van der Waals surface area contributed by atoms with E-state index in [1.807, 2.05) is 38.1 Å². The quantitative estimate of drug-likeness (QED) is 0.415. The molecule has 0 fully saturated rings. The summed E-state index contributed by atoms with van der Waals surface area (Å²) in [5, 5.41) is 2.83. The van der Waals surface area contributed by atoms with Crippen molar-refractivity contribution in [2.45, 2.75) is 20.4 Å². The molecule has 180 valence electrons. The number of aryl methyl sites for hydroxylation is 1. The standard InChI is InChI=1S/C26H30N2O5S/c1-4-32-25-11-6-5-10-24(25)28(34(3,30)31)19-21-12-14-22(15-13-21)26(29)27-16-17-33-23-9-7-8-20(2)18-23/h5-15,18H,4,16-17,19H2,1-3H3,(H,27,29).